The van der Waals surface area contributed by atoms with Crippen LogP contribution in [0.4, 0.5) is 0 Å². The molecule has 0 radical (unpaired) electrons. The van der Waals surface area contributed by atoms with Crippen molar-refractivity contribution in [1.29, 1.82) is 0 Å². The molecule has 12 heavy (non-hydrogen) atoms. The zero-order valence-electron chi connectivity index (χ0n) is 7.49. The Balaban J connectivity index is 2.78. The molecular weight excluding hydrogens is 168 g/mol. The molecule has 0 saturated heterocycles. The SMILES string of the molecule is CCS(=O)C(C)c1ccccc1. The molecular formula is C10H14OS. The summed E-state index contributed by atoms with van der Waals surface area (Å²) in [5.74, 6) is 0.732. The van der Waals surface area contributed by atoms with E-state index in [4.69, 9.17) is 0 Å². The van der Waals surface area contributed by atoms with E-state index in [9.17, 15) is 4.21 Å². The minimum Gasteiger partial charge on any atom is -0.259 e. The van der Waals surface area contributed by atoms with Gasteiger partial charge in [0.05, 0.1) is 5.25 Å². The number of hydrogen-bond acceptors (Lipinski definition) is 1. The third kappa shape index (κ3) is 2.18. The minimum absolute atomic E-state index is 0.163. The largest absolute Gasteiger partial charge is 0.259 e. The second-order valence-electron chi connectivity index (χ2n) is 2.72. The van der Waals surface area contributed by atoms with Gasteiger partial charge in [-0.15, -0.1) is 0 Å². The second-order valence-corrected chi connectivity index (χ2v) is 4.77. The Morgan fingerprint density at radius 2 is 1.92 bits per heavy atom. The van der Waals surface area contributed by atoms with Gasteiger partial charge in [0.2, 0.25) is 0 Å². The molecule has 1 aromatic carbocycles. The van der Waals surface area contributed by atoms with Crippen LogP contribution in [0.5, 0.6) is 0 Å². The first kappa shape index (κ1) is 9.46. The van der Waals surface area contributed by atoms with Crippen molar-refractivity contribution < 1.29 is 4.21 Å². The van der Waals surface area contributed by atoms with Crippen molar-refractivity contribution in [2.24, 2.45) is 0 Å². The lowest BCUT2D eigenvalue weighted by molar-refractivity contribution is 0.677. The zero-order chi connectivity index (χ0) is 8.97. The maximum atomic E-state index is 11.4. The van der Waals surface area contributed by atoms with E-state index < -0.39 is 10.8 Å². The fraction of sp³-hybridized carbons (Fsp3) is 0.400. The summed E-state index contributed by atoms with van der Waals surface area (Å²) in [6.45, 7) is 3.96. The first-order valence-corrected chi connectivity index (χ1v) is 5.56. The lowest BCUT2D eigenvalue weighted by Crippen LogP contribution is -2.03. The molecule has 0 N–H and O–H groups in total. The van der Waals surface area contributed by atoms with Crippen LogP contribution in [0.25, 0.3) is 0 Å². The van der Waals surface area contributed by atoms with Crippen molar-refractivity contribution in [3.05, 3.63) is 35.9 Å². The topological polar surface area (TPSA) is 17.1 Å². The molecule has 0 aliphatic rings. The van der Waals surface area contributed by atoms with Gasteiger partial charge in [0.25, 0.3) is 0 Å². The third-order valence-electron chi connectivity index (χ3n) is 1.95. The van der Waals surface area contributed by atoms with Crippen LogP contribution in [-0.2, 0) is 10.8 Å². The fourth-order valence-electron chi connectivity index (χ4n) is 1.13. The van der Waals surface area contributed by atoms with E-state index in [1.54, 1.807) is 0 Å². The highest BCUT2D eigenvalue weighted by Gasteiger charge is 2.09. The monoisotopic (exact) mass is 182 g/mol. The highest BCUT2D eigenvalue weighted by atomic mass is 32.2. The molecule has 1 nitrogen and oxygen atoms in total. The van der Waals surface area contributed by atoms with Crippen LogP contribution in [0.15, 0.2) is 30.3 Å². The third-order valence-corrected chi connectivity index (χ3v) is 3.58. The summed E-state index contributed by atoms with van der Waals surface area (Å²) in [6, 6.07) is 10.00. The lowest BCUT2D eigenvalue weighted by atomic mass is 10.2. The molecule has 66 valence electrons. The van der Waals surface area contributed by atoms with Crippen LogP contribution >= 0.6 is 0 Å². The van der Waals surface area contributed by atoms with Gasteiger partial charge in [-0.05, 0) is 12.5 Å². The van der Waals surface area contributed by atoms with E-state index in [2.05, 4.69) is 0 Å². The molecule has 2 heteroatoms. The molecule has 2 unspecified atom stereocenters. The number of hydrogen-bond donors (Lipinski definition) is 0. The van der Waals surface area contributed by atoms with Gasteiger partial charge in [0, 0.05) is 16.6 Å². The zero-order valence-corrected chi connectivity index (χ0v) is 8.30. The van der Waals surface area contributed by atoms with Crippen molar-refractivity contribution >= 4 is 10.8 Å². The Hall–Kier alpha value is -0.630. The normalized spacial score (nSPS) is 15.5. The smallest absolute Gasteiger partial charge is 0.0568 e. The van der Waals surface area contributed by atoms with Crippen molar-refractivity contribution in [1.82, 2.24) is 0 Å². The number of benzene rings is 1. The summed E-state index contributed by atoms with van der Waals surface area (Å²) in [4.78, 5) is 0. The minimum atomic E-state index is -0.723. The summed E-state index contributed by atoms with van der Waals surface area (Å²) in [6.07, 6.45) is 0. The Kier molecular flexibility index (Phi) is 3.48. The van der Waals surface area contributed by atoms with Crippen molar-refractivity contribution in [2.75, 3.05) is 5.75 Å². The number of rotatable bonds is 3. The molecule has 0 bridgehead atoms. The molecule has 0 aliphatic heterocycles. The van der Waals surface area contributed by atoms with Gasteiger partial charge in [0.15, 0.2) is 0 Å². The van der Waals surface area contributed by atoms with Gasteiger partial charge in [-0.3, -0.25) is 4.21 Å². The van der Waals surface area contributed by atoms with Crippen LogP contribution in [0.1, 0.15) is 24.7 Å². The molecule has 0 amide bonds. The first-order chi connectivity index (χ1) is 5.75. The Morgan fingerprint density at radius 1 is 1.33 bits per heavy atom. The van der Waals surface area contributed by atoms with Crippen LogP contribution in [0, 0.1) is 0 Å². The molecule has 0 saturated carbocycles. The summed E-state index contributed by atoms with van der Waals surface area (Å²) >= 11 is 0. The molecule has 2 atom stereocenters. The summed E-state index contributed by atoms with van der Waals surface area (Å²) in [5.41, 5.74) is 1.16. The Bertz CT molecular complexity index is 256. The van der Waals surface area contributed by atoms with E-state index in [0.717, 1.165) is 11.3 Å². The summed E-state index contributed by atoms with van der Waals surface area (Å²) in [5, 5.41) is 0.163. The fourth-order valence-corrected chi connectivity index (χ4v) is 2.09. The van der Waals surface area contributed by atoms with Crippen molar-refractivity contribution in [3.63, 3.8) is 0 Å². The standard InChI is InChI=1S/C10H14OS/c1-3-12(11)9(2)10-7-5-4-6-8-10/h4-9H,3H2,1-2H3. The van der Waals surface area contributed by atoms with E-state index in [0.29, 0.717) is 0 Å². The maximum absolute atomic E-state index is 11.4. The van der Waals surface area contributed by atoms with Gasteiger partial charge < -0.3 is 0 Å². The molecule has 0 aromatic heterocycles. The lowest BCUT2D eigenvalue weighted by Gasteiger charge is -2.09. The predicted octanol–water partition coefficient (Wildman–Crippen LogP) is 2.52. The predicted molar refractivity (Wildman–Crippen MR) is 53.5 cm³/mol. The molecule has 1 aromatic rings. The van der Waals surface area contributed by atoms with Crippen molar-refractivity contribution in [2.45, 2.75) is 19.1 Å². The molecule has 0 fully saturated rings. The summed E-state index contributed by atoms with van der Waals surface area (Å²) in [7, 11) is -0.723. The highest BCUT2D eigenvalue weighted by molar-refractivity contribution is 7.85. The van der Waals surface area contributed by atoms with E-state index in [1.807, 2.05) is 44.2 Å². The molecule has 0 aliphatic carbocycles. The van der Waals surface area contributed by atoms with Crippen molar-refractivity contribution in [3.8, 4) is 0 Å². The van der Waals surface area contributed by atoms with E-state index in [-0.39, 0.29) is 5.25 Å². The van der Waals surface area contributed by atoms with Gasteiger partial charge in [-0.2, -0.15) is 0 Å². The van der Waals surface area contributed by atoms with Gasteiger partial charge in [0.1, 0.15) is 0 Å². The Labute approximate surface area is 76.3 Å². The van der Waals surface area contributed by atoms with E-state index in [1.165, 1.54) is 0 Å². The van der Waals surface area contributed by atoms with Crippen LogP contribution in [0.3, 0.4) is 0 Å². The van der Waals surface area contributed by atoms with Crippen LogP contribution in [0.2, 0.25) is 0 Å². The molecule has 0 spiro atoms. The average Bonchev–Trinajstić information content (AvgIpc) is 2.17. The van der Waals surface area contributed by atoms with Gasteiger partial charge >= 0.3 is 0 Å². The molecule has 0 heterocycles. The van der Waals surface area contributed by atoms with E-state index >= 15 is 0 Å². The quantitative estimate of drug-likeness (QED) is 0.702. The Morgan fingerprint density at radius 3 is 2.42 bits per heavy atom. The van der Waals surface area contributed by atoms with Crippen LogP contribution in [-0.4, -0.2) is 9.96 Å². The first-order valence-electron chi connectivity index (χ1n) is 4.17. The summed E-state index contributed by atoms with van der Waals surface area (Å²) < 4.78 is 11.4. The molecule has 1 rings (SSSR count). The average molecular weight is 182 g/mol. The highest BCUT2D eigenvalue weighted by Crippen LogP contribution is 2.18. The van der Waals surface area contributed by atoms with Crippen LogP contribution < -0.4 is 0 Å². The second kappa shape index (κ2) is 4.41. The maximum Gasteiger partial charge on any atom is 0.0568 e. The van der Waals surface area contributed by atoms with Gasteiger partial charge in [-0.25, -0.2) is 0 Å². The van der Waals surface area contributed by atoms with Gasteiger partial charge in [-0.1, -0.05) is 37.3 Å².